The van der Waals surface area contributed by atoms with E-state index in [2.05, 4.69) is 10.6 Å². The van der Waals surface area contributed by atoms with E-state index in [4.69, 9.17) is 0 Å². The van der Waals surface area contributed by atoms with Crippen molar-refractivity contribution in [1.29, 1.82) is 0 Å². The minimum Gasteiger partial charge on any atom is -0.337 e. The third-order valence-electron chi connectivity index (χ3n) is 2.36. The van der Waals surface area contributed by atoms with Gasteiger partial charge in [0.05, 0.1) is 0 Å². The van der Waals surface area contributed by atoms with Crippen molar-refractivity contribution in [2.75, 3.05) is 27.2 Å². The molecule has 0 fully saturated rings. The van der Waals surface area contributed by atoms with E-state index < -0.39 is 17.5 Å². The Morgan fingerprint density at radius 3 is 2.26 bits per heavy atom. The molecule has 0 atom stereocenters. The second-order valence-corrected chi connectivity index (χ2v) is 4.18. The van der Waals surface area contributed by atoms with Crippen molar-refractivity contribution in [3.8, 4) is 0 Å². The molecule has 0 bridgehead atoms. The maximum absolute atomic E-state index is 12.9. The van der Waals surface area contributed by atoms with E-state index in [1.54, 1.807) is 14.1 Å². The Balaban J connectivity index is 2.32. The highest BCUT2D eigenvalue weighted by atomic mass is 19.2. The van der Waals surface area contributed by atoms with Gasteiger partial charge >= 0.3 is 6.03 Å². The highest BCUT2D eigenvalue weighted by Gasteiger charge is 2.10. The summed E-state index contributed by atoms with van der Waals surface area (Å²) in [4.78, 5) is 12.5. The van der Waals surface area contributed by atoms with Gasteiger partial charge in [0.1, 0.15) is 0 Å². The minimum atomic E-state index is -1.47. The number of carbonyl (C=O) groups excluding carboxylic acids is 1. The van der Waals surface area contributed by atoms with Crippen molar-refractivity contribution in [3.63, 3.8) is 0 Å². The monoisotopic (exact) mass is 275 g/mol. The number of urea groups is 1. The van der Waals surface area contributed by atoms with Crippen LogP contribution in [0.1, 0.15) is 5.56 Å². The van der Waals surface area contributed by atoms with Crippen molar-refractivity contribution >= 4 is 6.03 Å². The molecular formula is C12H16F3N3O. The van der Waals surface area contributed by atoms with Gasteiger partial charge in [0.2, 0.25) is 0 Å². The lowest BCUT2D eigenvalue weighted by molar-refractivity contribution is 0.217. The van der Waals surface area contributed by atoms with Gasteiger partial charge in [-0.1, -0.05) is 0 Å². The molecule has 2 N–H and O–H groups in total. The van der Waals surface area contributed by atoms with Gasteiger partial charge in [-0.15, -0.1) is 0 Å². The summed E-state index contributed by atoms with van der Waals surface area (Å²) in [5.74, 6) is -3.89. The van der Waals surface area contributed by atoms with Gasteiger partial charge in [-0.2, -0.15) is 0 Å². The van der Waals surface area contributed by atoms with E-state index in [0.717, 1.165) is 12.1 Å². The molecular weight excluding hydrogens is 259 g/mol. The predicted molar refractivity (Wildman–Crippen MR) is 65.1 cm³/mol. The number of halogens is 3. The minimum absolute atomic E-state index is 0.186. The lowest BCUT2D eigenvalue weighted by Gasteiger charge is -2.12. The fourth-order valence-electron chi connectivity index (χ4n) is 1.36. The fraction of sp³-hybridized carbons (Fsp3) is 0.417. The van der Waals surface area contributed by atoms with E-state index >= 15 is 0 Å². The van der Waals surface area contributed by atoms with Crippen molar-refractivity contribution in [3.05, 3.63) is 35.1 Å². The quantitative estimate of drug-likeness (QED) is 0.631. The van der Waals surface area contributed by atoms with E-state index in [1.807, 2.05) is 0 Å². The van der Waals surface area contributed by atoms with E-state index in [1.165, 1.54) is 4.90 Å². The summed E-state index contributed by atoms with van der Waals surface area (Å²) in [5, 5.41) is 5.50. The number of amides is 2. The normalized spacial score (nSPS) is 10.4. The molecule has 0 saturated heterocycles. The maximum Gasteiger partial charge on any atom is 0.316 e. The Hall–Kier alpha value is -1.76. The van der Waals surface area contributed by atoms with Crippen molar-refractivity contribution in [2.24, 2.45) is 0 Å². The van der Waals surface area contributed by atoms with Crippen LogP contribution in [0.2, 0.25) is 0 Å². The first-order valence-electron chi connectivity index (χ1n) is 5.71. The molecule has 0 heterocycles. The van der Waals surface area contributed by atoms with Crippen LogP contribution < -0.4 is 10.6 Å². The second-order valence-electron chi connectivity index (χ2n) is 4.18. The Bertz CT molecular complexity index is 429. The molecule has 0 aliphatic rings. The Kier molecular flexibility index (Phi) is 5.62. The average molecular weight is 275 g/mol. The average Bonchev–Trinajstić information content (AvgIpc) is 2.34. The fourth-order valence-corrected chi connectivity index (χ4v) is 1.36. The molecule has 0 saturated carbocycles. The van der Waals surface area contributed by atoms with Crippen LogP contribution in [0.4, 0.5) is 18.0 Å². The van der Waals surface area contributed by atoms with Gasteiger partial charge in [0.25, 0.3) is 0 Å². The van der Waals surface area contributed by atoms with Gasteiger partial charge in [-0.25, -0.2) is 18.0 Å². The summed E-state index contributed by atoms with van der Waals surface area (Å²) in [6.45, 7) is 0.995. The number of carbonyl (C=O) groups is 1. The van der Waals surface area contributed by atoms with Gasteiger partial charge in [0.15, 0.2) is 17.5 Å². The van der Waals surface area contributed by atoms with Crippen LogP contribution in [-0.4, -0.2) is 38.1 Å². The van der Waals surface area contributed by atoms with Crippen LogP contribution in [0.15, 0.2) is 12.1 Å². The summed E-state index contributed by atoms with van der Waals surface area (Å²) in [5.41, 5.74) is 0.301. The van der Waals surface area contributed by atoms with Gasteiger partial charge in [0, 0.05) is 33.7 Å². The second kappa shape index (κ2) is 6.98. The topological polar surface area (TPSA) is 44.4 Å². The first kappa shape index (κ1) is 15.3. The number of hydrogen-bond donors (Lipinski definition) is 2. The third kappa shape index (κ3) is 4.78. The lowest BCUT2D eigenvalue weighted by atomic mass is 10.2. The van der Waals surface area contributed by atoms with Gasteiger partial charge in [-0.05, 0) is 17.7 Å². The summed E-state index contributed by atoms with van der Waals surface area (Å²) < 4.78 is 38.5. The molecule has 0 aliphatic carbocycles. The van der Waals surface area contributed by atoms with Gasteiger partial charge in [-0.3, -0.25) is 0 Å². The Labute approximate surface area is 109 Å². The number of benzene rings is 1. The molecule has 106 valence electrons. The van der Waals surface area contributed by atoms with Crippen LogP contribution in [-0.2, 0) is 6.54 Å². The molecule has 4 nitrogen and oxygen atoms in total. The smallest absolute Gasteiger partial charge is 0.316 e. The predicted octanol–water partition coefficient (Wildman–Crippen LogP) is 1.46. The number of hydrogen-bond acceptors (Lipinski definition) is 2. The highest BCUT2D eigenvalue weighted by Crippen LogP contribution is 2.13. The van der Waals surface area contributed by atoms with Crippen LogP contribution in [0.5, 0.6) is 0 Å². The molecule has 0 spiro atoms. The van der Waals surface area contributed by atoms with E-state index in [9.17, 15) is 18.0 Å². The zero-order valence-electron chi connectivity index (χ0n) is 10.8. The number of nitrogens with one attached hydrogen (secondary N) is 2. The van der Waals surface area contributed by atoms with Crippen molar-refractivity contribution < 1.29 is 18.0 Å². The molecule has 0 aromatic heterocycles. The van der Waals surface area contributed by atoms with Crippen molar-refractivity contribution in [1.82, 2.24) is 15.5 Å². The van der Waals surface area contributed by atoms with Gasteiger partial charge < -0.3 is 15.5 Å². The molecule has 0 radical (unpaired) electrons. The standard InChI is InChI=1S/C12H16F3N3O/c1-18(2)12(19)17-4-3-16-7-8-5-9(13)11(15)10(14)6-8/h5-6,16H,3-4,7H2,1-2H3,(H,17,19). The highest BCUT2D eigenvalue weighted by molar-refractivity contribution is 5.73. The summed E-state index contributed by atoms with van der Waals surface area (Å²) in [7, 11) is 3.24. The van der Waals surface area contributed by atoms with E-state index in [0.29, 0.717) is 18.7 Å². The summed E-state index contributed by atoms with van der Waals surface area (Å²) in [6, 6.07) is 1.65. The van der Waals surface area contributed by atoms with Crippen molar-refractivity contribution in [2.45, 2.75) is 6.54 Å². The first-order valence-corrected chi connectivity index (χ1v) is 5.71. The van der Waals surface area contributed by atoms with Crippen LogP contribution in [0.25, 0.3) is 0 Å². The van der Waals surface area contributed by atoms with Crippen LogP contribution >= 0.6 is 0 Å². The van der Waals surface area contributed by atoms with Crippen LogP contribution in [0.3, 0.4) is 0 Å². The maximum atomic E-state index is 12.9. The summed E-state index contributed by atoms with van der Waals surface area (Å²) >= 11 is 0. The molecule has 0 unspecified atom stereocenters. The third-order valence-corrected chi connectivity index (χ3v) is 2.36. The molecule has 1 rings (SSSR count). The summed E-state index contributed by atoms with van der Waals surface area (Å²) in [6.07, 6.45) is 0. The molecule has 2 amide bonds. The zero-order chi connectivity index (χ0) is 14.4. The first-order chi connectivity index (χ1) is 8.91. The Morgan fingerprint density at radius 1 is 1.16 bits per heavy atom. The van der Waals surface area contributed by atoms with Crippen LogP contribution in [0, 0.1) is 17.5 Å². The zero-order valence-corrected chi connectivity index (χ0v) is 10.8. The van der Waals surface area contributed by atoms with E-state index in [-0.39, 0.29) is 12.6 Å². The molecule has 0 aliphatic heterocycles. The molecule has 19 heavy (non-hydrogen) atoms. The largest absolute Gasteiger partial charge is 0.337 e. The number of rotatable bonds is 5. The molecule has 1 aromatic carbocycles. The lowest BCUT2D eigenvalue weighted by Crippen LogP contribution is -2.38. The molecule has 7 heteroatoms. The molecule has 1 aromatic rings. The number of nitrogens with zero attached hydrogens (tertiary/aromatic N) is 1. The SMILES string of the molecule is CN(C)C(=O)NCCNCc1cc(F)c(F)c(F)c1. The Morgan fingerprint density at radius 2 is 1.74 bits per heavy atom.